The lowest BCUT2D eigenvalue weighted by atomic mass is 10.2. The van der Waals surface area contributed by atoms with Crippen molar-refractivity contribution >= 4 is 17.5 Å². The standard InChI is InChI=1S/C19H27FN4O2/c1-16(25)22-10-8-21(9-11-22)7-6-19(26)24-14-12-23(13-15-24)18-4-2-17(20)3-5-18/h2-5H,6-15H2,1H3. The van der Waals surface area contributed by atoms with Crippen LogP contribution in [0.2, 0.25) is 0 Å². The molecule has 0 aromatic heterocycles. The summed E-state index contributed by atoms with van der Waals surface area (Å²) >= 11 is 0. The van der Waals surface area contributed by atoms with Crippen LogP contribution in [-0.4, -0.2) is 85.4 Å². The zero-order valence-corrected chi connectivity index (χ0v) is 15.4. The molecule has 0 aliphatic carbocycles. The Morgan fingerprint density at radius 1 is 0.885 bits per heavy atom. The predicted octanol–water partition coefficient (Wildman–Crippen LogP) is 1.03. The summed E-state index contributed by atoms with van der Waals surface area (Å²) in [5, 5.41) is 0. The van der Waals surface area contributed by atoms with Gasteiger partial charge in [0.05, 0.1) is 0 Å². The minimum Gasteiger partial charge on any atom is -0.368 e. The van der Waals surface area contributed by atoms with Gasteiger partial charge in [0.1, 0.15) is 5.82 Å². The Kier molecular flexibility index (Phi) is 6.08. The molecule has 1 aromatic rings. The van der Waals surface area contributed by atoms with Crippen LogP contribution in [-0.2, 0) is 9.59 Å². The zero-order chi connectivity index (χ0) is 18.5. The summed E-state index contributed by atoms with van der Waals surface area (Å²) in [6, 6.07) is 6.51. The van der Waals surface area contributed by atoms with Crippen molar-refractivity contribution in [3.8, 4) is 0 Å². The number of nitrogens with zero attached hydrogens (tertiary/aromatic N) is 4. The molecule has 0 bridgehead atoms. The van der Waals surface area contributed by atoms with Crippen LogP contribution < -0.4 is 4.90 Å². The number of hydrogen-bond donors (Lipinski definition) is 0. The second kappa shape index (κ2) is 8.49. The molecule has 0 unspecified atom stereocenters. The lowest BCUT2D eigenvalue weighted by Crippen LogP contribution is -2.51. The zero-order valence-electron chi connectivity index (χ0n) is 15.4. The highest BCUT2D eigenvalue weighted by atomic mass is 19.1. The van der Waals surface area contributed by atoms with Gasteiger partial charge in [-0.1, -0.05) is 0 Å². The van der Waals surface area contributed by atoms with Crippen LogP contribution in [0.5, 0.6) is 0 Å². The third-order valence-corrected chi connectivity index (χ3v) is 5.28. The number of piperazine rings is 2. The second-order valence-corrected chi connectivity index (χ2v) is 6.94. The van der Waals surface area contributed by atoms with Gasteiger partial charge in [0.15, 0.2) is 0 Å². The topological polar surface area (TPSA) is 47.1 Å². The van der Waals surface area contributed by atoms with E-state index in [1.807, 2.05) is 9.80 Å². The summed E-state index contributed by atoms with van der Waals surface area (Å²) in [5.74, 6) is 0.0872. The van der Waals surface area contributed by atoms with Crippen molar-refractivity contribution in [3.63, 3.8) is 0 Å². The molecule has 0 spiro atoms. The number of hydrogen-bond acceptors (Lipinski definition) is 4. The van der Waals surface area contributed by atoms with Crippen LogP contribution in [0, 0.1) is 5.82 Å². The minimum absolute atomic E-state index is 0.125. The molecule has 0 saturated carbocycles. The van der Waals surface area contributed by atoms with E-state index in [-0.39, 0.29) is 17.6 Å². The molecule has 2 heterocycles. The lowest BCUT2D eigenvalue weighted by Gasteiger charge is -2.37. The number of anilines is 1. The summed E-state index contributed by atoms with van der Waals surface area (Å²) < 4.78 is 13.0. The first-order chi connectivity index (χ1) is 12.5. The molecule has 26 heavy (non-hydrogen) atoms. The fraction of sp³-hybridized carbons (Fsp3) is 0.579. The first kappa shape index (κ1) is 18.6. The van der Waals surface area contributed by atoms with E-state index in [1.54, 1.807) is 19.1 Å². The van der Waals surface area contributed by atoms with Gasteiger partial charge < -0.3 is 14.7 Å². The van der Waals surface area contributed by atoms with Crippen molar-refractivity contribution in [1.82, 2.24) is 14.7 Å². The van der Waals surface area contributed by atoms with Crippen molar-refractivity contribution in [1.29, 1.82) is 0 Å². The van der Waals surface area contributed by atoms with E-state index in [0.717, 1.165) is 51.5 Å². The number of carbonyl (C=O) groups is 2. The van der Waals surface area contributed by atoms with E-state index in [9.17, 15) is 14.0 Å². The molecule has 0 radical (unpaired) electrons. The Balaban J connectivity index is 1.39. The van der Waals surface area contributed by atoms with Gasteiger partial charge in [-0.3, -0.25) is 14.5 Å². The van der Waals surface area contributed by atoms with E-state index in [1.165, 1.54) is 12.1 Å². The average Bonchev–Trinajstić information content (AvgIpc) is 2.67. The first-order valence-electron chi connectivity index (χ1n) is 9.29. The van der Waals surface area contributed by atoms with Gasteiger partial charge in [-0.15, -0.1) is 0 Å². The molecule has 2 amide bonds. The van der Waals surface area contributed by atoms with Crippen LogP contribution in [0.4, 0.5) is 10.1 Å². The number of halogens is 1. The van der Waals surface area contributed by atoms with Crippen molar-refractivity contribution in [3.05, 3.63) is 30.1 Å². The SMILES string of the molecule is CC(=O)N1CCN(CCC(=O)N2CCN(c3ccc(F)cc3)CC2)CC1. The van der Waals surface area contributed by atoms with Gasteiger partial charge in [0.2, 0.25) is 11.8 Å². The molecule has 7 heteroatoms. The molecule has 2 fully saturated rings. The summed E-state index contributed by atoms with van der Waals surface area (Å²) in [7, 11) is 0. The van der Waals surface area contributed by atoms with E-state index in [0.29, 0.717) is 19.5 Å². The molecule has 2 aliphatic heterocycles. The Morgan fingerprint density at radius 2 is 1.46 bits per heavy atom. The highest BCUT2D eigenvalue weighted by molar-refractivity contribution is 5.76. The van der Waals surface area contributed by atoms with Crippen LogP contribution in [0.25, 0.3) is 0 Å². The van der Waals surface area contributed by atoms with E-state index < -0.39 is 0 Å². The van der Waals surface area contributed by atoms with Gasteiger partial charge >= 0.3 is 0 Å². The number of rotatable bonds is 4. The van der Waals surface area contributed by atoms with Crippen LogP contribution in [0.3, 0.4) is 0 Å². The smallest absolute Gasteiger partial charge is 0.223 e. The summed E-state index contributed by atoms with van der Waals surface area (Å²) in [5.41, 5.74) is 1.00. The van der Waals surface area contributed by atoms with Gasteiger partial charge in [0.25, 0.3) is 0 Å². The maximum Gasteiger partial charge on any atom is 0.223 e. The van der Waals surface area contributed by atoms with Crippen molar-refractivity contribution in [2.45, 2.75) is 13.3 Å². The normalized spacial score (nSPS) is 18.9. The van der Waals surface area contributed by atoms with E-state index >= 15 is 0 Å². The monoisotopic (exact) mass is 362 g/mol. The van der Waals surface area contributed by atoms with Crippen LogP contribution in [0.15, 0.2) is 24.3 Å². The fourth-order valence-corrected chi connectivity index (χ4v) is 3.56. The Labute approximate surface area is 154 Å². The average molecular weight is 362 g/mol. The maximum absolute atomic E-state index is 13.0. The largest absolute Gasteiger partial charge is 0.368 e. The fourth-order valence-electron chi connectivity index (χ4n) is 3.56. The summed E-state index contributed by atoms with van der Waals surface area (Å²) in [6.45, 7) is 8.48. The van der Waals surface area contributed by atoms with Crippen LogP contribution >= 0.6 is 0 Å². The molecule has 0 N–H and O–H groups in total. The van der Waals surface area contributed by atoms with E-state index in [4.69, 9.17) is 0 Å². The highest BCUT2D eigenvalue weighted by Crippen LogP contribution is 2.17. The Bertz CT molecular complexity index is 621. The first-order valence-corrected chi connectivity index (χ1v) is 9.29. The Hall–Kier alpha value is -2.15. The lowest BCUT2D eigenvalue weighted by molar-refractivity contribution is -0.133. The molecule has 6 nitrogen and oxygen atoms in total. The van der Waals surface area contributed by atoms with Crippen molar-refractivity contribution < 1.29 is 14.0 Å². The Morgan fingerprint density at radius 3 is 2.04 bits per heavy atom. The predicted molar refractivity (Wildman–Crippen MR) is 98.5 cm³/mol. The van der Waals surface area contributed by atoms with Gasteiger partial charge in [-0.05, 0) is 24.3 Å². The second-order valence-electron chi connectivity index (χ2n) is 6.94. The van der Waals surface area contributed by atoms with Gasteiger partial charge in [-0.2, -0.15) is 0 Å². The molecular formula is C19H27FN4O2. The molecule has 0 atom stereocenters. The number of benzene rings is 1. The van der Waals surface area contributed by atoms with Gasteiger partial charge in [-0.25, -0.2) is 4.39 Å². The third-order valence-electron chi connectivity index (χ3n) is 5.28. The van der Waals surface area contributed by atoms with Crippen LogP contribution in [0.1, 0.15) is 13.3 Å². The quantitative estimate of drug-likeness (QED) is 0.803. The molecule has 2 saturated heterocycles. The molecule has 3 rings (SSSR count). The summed E-state index contributed by atoms with van der Waals surface area (Å²) in [6.07, 6.45) is 0.524. The van der Waals surface area contributed by atoms with Gasteiger partial charge in [0, 0.05) is 77.9 Å². The molecule has 2 aliphatic rings. The molecule has 1 aromatic carbocycles. The van der Waals surface area contributed by atoms with Crippen molar-refractivity contribution in [2.75, 3.05) is 63.8 Å². The molecule has 142 valence electrons. The number of amides is 2. The third kappa shape index (κ3) is 4.72. The van der Waals surface area contributed by atoms with Crippen molar-refractivity contribution in [2.24, 2.45) is 0 Å². The summed E-state index contributed by atoms with van der Waals surface area (Å²) in [4.78, 5) is 32.0. The maximum atomic E-state index is 13.0. The highest BCUT2D eigenvalue weighted by Gasteiger charge is 2.23. The number of carbonyl (C=O) groups excluding carboxylic acids is 2. The molecular weight excluding hydrogens is 335 g/mol. The minimum atomic E-state index is -0.230. The van der Waals surface area contributed by atoms with E-state index in [2.05, 4.69) is 9.80 Å².